The zero-order valence-corrected chi connectivity index (χ0v) is 20.6. The van der Waals surface area contributed by atoms with Gasteiger partial charge in [-0.1, -0.05) is 60.4 Å². The van der Waals surface area contributed by atoms with Gasteiger partial charge in [-0.25, -0.2) is 4.98 Å². The Bertz CT molecular complexity index is 1250. The van der Waals surface area contributed by atoms with Crippen molar-refractivity contribution < 1.29 is 4.79 Å². The van der Waals surface area contributed by atoms with E-state index in [0.717, 1.165) is 52.2 Å². The fraction of sp³-hybridized carbons (Fsp3) is 0.333. The second-order valence-electron chi connectivity index (χ2n) is 8.50. The number of anilines is 1. The smallest absolute Gasteiger partial charge is 0.250 e. The summed E-state index contributed by atoms with van der Waals surface area (Å²) in [5, 5.41) is 3.53. The first-order chi connectivity index (χ1) is 16.0. The Hall–Kier alpha value is -2.49. The first kappa shape index (κ1) is 22.3. The average molecular weight is 497 g/mol. The number of aromatic nitrogens is 2. The zero-order chi connectivity index (χ0) is 22.9. The third kappa shape index (κ3) is 4.76. The van der Waals surface area contributed by atoms with E-state index in [2.05, 4.69) is 21.3 Å². The van der Waals surface area contributed by atoms with E-state index in [1.54, 1.807) is 6.07 Å². The van der Waals surface area contributed by atoms with Crippen LogP contribution in [0.1, 0.15) is 22.9 Å². The molecule has 3 aromatic rings. The Morgan fingerprint density at radius 3 is 2.82 bits per heavy atom. The number of piperidine rings is 1. The molecular formula is C24H24N4O2S3. The van der Waals surface area contributed by atoms with Gasteiger partial charge in [-0.2, -0.15) is 0 Å². The maximum absolute atomic E-state index is 12.6. The molecule has 0 aliphatic carbocycles. The molecule has 4 heterocycles. The predicted molar refractivity (Wildman–Crippen MR) is 139 cm³/mol. The van der Waals surface area contributed by atoms with Crippen molar-refractivity contribution in [2.45, 2.75) is 25.8 Å². The lowest BCUT2D eigenvalue weighted by atomic mass is 9.83. The van der Waals surface area contributed by atoms with Crippen molar-refractivity contribution >= 4 is 50.7 Å². The molecular weight excluding hydrogens is 472 g/mol. The van der Waals surface area contributed by atoms with E-state index in [-0.39, 0.29) is 17.2 Å². The monoisotopic (exact) mass is 496 g/mol. The number of hydrogen-bond donors (Lipinski definition) is 1. The number of fused-ring (bicyclic) bond motifs is 4. The highest BCUT2D eigenvalue weighted by Gasteiger charge is 2.35. The molecule has 0 radical (unpaired) electrons. The molecule has 1 saturated heterocycles. The van der Waals surface area contributed by atoms with E-state index in [1.165, 1.54) is 23.1 Å². The summed E-state index contributed by atoms with van der Waals surface area (Å²) in [5.74, 6) is 0.844. The van der Waals surface area contributed by atoms with Crippen molar-refractivity contribution in [2.24, 2.45) is 5.92 Å². The van der Waals surface area contributed by atoms with Crippen LogP contribution in [-0.2, 0) is 11.3 Å². The van der Waals surface area contributed by atoms with Crippen LogP contribution in [0.15, 0.2) is 53.3 Å². The average Bonchev–Trinajstić information content (AvgIpc) is 3.18. The minimum Gasteiger partial charge on any atom is -0.356 e. The third-order valence-electron chi connectivity index (χ3n) is 6.15. The van der Waals surface area contributed by atoms with Gasteiger partial charge < -0.3 is 14.8 Å². The standard InChI is InChI=1S/C24H24N4O2S3/c1-15-22(17-6-3-2-4-7-17)26-23(33-15)25-20(29)14-32-24(31)27-11-16-10-18(13-27)19-8-5-9-21(30)28(19)12-16/h2-9,16,18H,10-14H2,1H3,(H,25,26,29)/t16-,18-/m1/s1. The number of thioether (sulfide) groups is 1. The summed E-state index contributed by atoms with van der Waals surface area (Å²) < 4.78 is 2.66. The minimum absolute atomic E-state index is 0.0807. The summed E-state index contributed by atoms with van der Waals surface area (Å²) in [5.41, 5.74) is 3.12. The van der Waals surface area contributed by atoms with Crippen LogP contribution in [0.2, 0.25) is 0 Å². The highest BCUT2D eigenvalue weighted by Crippen LogP contribution is 2.36. The Balaban J connectivity index is 1.18. The van der Waals surface area contributed by atoms with E-state index in [1.807, 2.05) is 47.9 Å². The van der Waals surface area contributed by atoms with E-state index in [9.17, 15) is 9.59 Å². The number of rotatable bonds is 4. The number of thiocarbonyl (C=S) groups is 1. The zero-order valence-electron chi connectivity index (χ0n) is 18.2. The molecule has 2 bridgehead atoms. The molecule has 0 saturated carbocycles. The lowest BCUT2D eigenvalue weighted by Crippen LogP contribution is -2.48. The maximum atomic E-state index is 12.6. The van der Waals surface area contributed by atoms with Gasteiger partial charge in [0.25, 0.3) is 5.56 Å². The van der Waals surface area contributed by atoms with Gasteiger partial charge in [-0.3, -0.25) is 9.59 Å². The topological polar surface area (TPSA) is 67.2 Å². The number of carbonyl (C=O) groups excluding carboxylic acids is 1. The summed E-state index contributed by atoms with van der Waals surface area (Å²) in [4.78, 5) is 32.7. The Kier molecular flexibility index (Phi) is 6.36. The Morgan fingerprint density at radius 2 is 2.00 bits per heavy atom. The molecule has 2 aliphatic rings. The van der Waals surface area contributed by atoms with Gasteiger partial charge in [0, 0.05) is 47.8 Å². The fourth-order valence-electron chi connectivity index (χ4n) is 4.73. The lowest BCUT2D eigenvalue weighted by Gasteiger charge is -2.43. The van der Waals surface area contributed by atoms with Crippen LogP contribution in [-0.4, -0.2) is 43.5 Å². The van der Waals surface area contributed by atoms with E-state index in [0.29, 0.717) is 17.0 Å². The molecule has 2 aromatic heterocycles. The number of pyridine rings is 1. The second kappa shape index (κ2) is 9.40. The van der Waals surface area contributed by atoms with Crippen LogP contribution in [0.25, 0.3) is 11.3 Å². The van der Waals surface area contributed by atoms with Crippen molar-refractivity contribution in [1.29, 1.82) is 0 Å². The molecule has 1 amide bonds. The van der Waals surface area contributed by atoms with E-state index < -0.39 is 0 Å². The van der Waals surface area contributed by atoms with Crippen LogP contribution in [0.5, 0.6) is 0 Å². The SMILES string of the molecule is Cc1sc(NC(=O)CSC(=S)N2C[C@H]3C[C@H](C2)c2cccc(=O)n2C3)nc1-c1ccccc1. The predicted octanol–water partition coefficient (Wildman–Crippen LogP) is 4.36. The summed E-state index contributed by atoms with van der Waals surface area (Å²) in [6, 6.07) is 15.5. The number of nitrogens with one attached hydrogen (secondary N) is 1. The number of thiazole rings is 1. The molecule has 9 heteroatoms. The maximum Gasteiger partial charge on any atom is 0.250 e. The number of amides is 1. The summed E-state index contributed by atoms with van der Waals surface area (Å²) in [7, 11) is 0. The number of hydrogen-bond acceptors (Lipinski definition) is 6. The third-order valence-corrected chi connectivity index (χ3v) is 8.56. The van der Waals surface area contributed by atoms with Gasteiger partial charge in [0.05, 0.1) is 11.4 Å². The van der Waals surface area contributed by atoms with Crippen molar-refractivity contribution in [3.8, 4) is 11.3 Å². The minimum atomic E-state index is -0.107. The molecule has 2 aliphatic heterocycles. The lowest BCUT2D eigenvalue weighted by molar-refractivity contribution is -0.113. The van der Waals surface area contributed by atoms with Crippen LogP contribution >= 0.6 is 35.3 Å². The molecule has 0 spiro atoms. The van der Waals surface area contributed by atoms with Gasteiger partial charge >= 0.3 is 0 Å². The van der Waals surface area contributed by atoms with Crippen molar-refractivity contribution in [2.75, 3.05) is 24.2 Å². The molecule has 1 fully saturated rings. The number of carbonyl (C=O) groups is 1. The van der Waals surface area contributed by atoms with Crippen LogP contribution in [0, 0.1) is 12.8 Å². The quantitative estimate of drug-likeness (QED) is 0.542. The van der Waals surface area contributed by atoms with Crippen molar-refractivity contribution in [3.63, 3.8) is 0 Å². The van der Waals surface area contributed by atoms with Gasteiger partial charge in [-0.05, 0) is 25.3 Å². The summed E-state index contributed by atoms with van der Waals surface area (Å²) >= 11 is 8.55. The van der Waals surface area contributed by atoms with Crippen LogP contribution < -0.4 is 10.9 Å². The molecule has 33 heavy (non-hydrogen) atoms. The van der Waals surface area contributed by atoms with Crippen LogP contribution in [0.3, 0.4) is 0 Å². The highest BCUT2D eigenvalue weighted by molar-refractivity contribution is 8.23. The Morgan fingerprint density at radius 1 is 1.18 bits per heavy atom. The van der Waals surface area contributed by atoms with Crippen LogP contribution in [0.4, 0.5) is 5.13 Å². The second-order valence-corrected chi connectivity index (χ2v) is 11.3. The normalized spacial score (nSPS) is 19.1. The first-order valence-corrected chi connectivity index (χ1v) is 13.1. The van der Waals surface area contributed by atoms with Gasteiger partial charge in [0.2, 0.25) is 5.91 Å². The number of benzene rings is 1. The van der Waals surface area contributed by atoms with Gasteiger partial charge in [-0.15, -0.1) is 11.3 Å². The van der Waals surface area contributed by atoms with E-state index >= 15 is 0 Å². The molecule has 0 unspecified atom stereocenters. The number of likely N-dealkylation sites (tertiary alicyclic amines) is 1. The largest absolute Gasteiger partial charge is 0.356 e. The molecule has 6 nitrogen and oxygen atoms in total. The summed E-state index contributed by atoms with van der Waals surface area (Å²) in [6.07, 6.45) is 1.08. The van der Waals surface area contributed by atoms with Crippen molar-refractivity contribution in [3.05, 3.63) is 69.5 Å². The molecule has 1 aromatic carbocycles. The molecule has 170 valence electrons. The first-order valence-electron chi connectivity index (χ1n) is 10.9. The molecule has 5 rings (SSSR count). The summed E-state index contributed by atoms with van der Waals surface area (Å²) in [6.45, 7) is 4.37. The molecule has 2 atom stereocenters. The van der Waals surface area contributed by atoms with Gasteiger partial charge in [0.15, 0.2) is 5.13 Å². The molecule has 1 N–H and O–H groups in total. The fourth-order valence-corrected chi connectivity index (χ4v) is 6.57. The highest BCUT2D eigenvalue weighted by atomic mass is 32.2. The Labute approximate surface area is 206 Å². The van der Waals surface area contributed by atoms with Crippen molar-refractivity contribution in [1.82, 2.24) is 14.5 Å². The van der Waals surface area contributed by atoms with Gasteiger partial charge in [0.1, 0.15) is 4.32 Å². The number of aryl methyl sites for hydroxylation is 1. The number of nitrogens with zero attached hydrogens (tertiary/aromatic N) is 3. The van der Waals surface area contributed by atoms with E-state index in [4.69, 9.17) is 12.2 Å².